The zero-order valence-electron chi connectivity index (χ0n) is 16.1. The van der Waals surface area contributed by atoms with Gasteiger partial charge in [-0.2, -0.15) is 16.1 Å². The molecule has 2 aromatic carbocycles. The van der Waals surface area contributed by atoms with Crippen LogP contribution in [0.3, 0.4) is 0 Å². The molecule has 1 aliphatic rings. The first-order valence-corrected chi connectivity index (χ1v) is 12.7. The third-order valence-corrected chi connectivity index (χ3v) is 8.04. The normalized spacial score (nSPS) is 15.1. The molecule has 0 spiro atoms. The highest BCUT2D eigenvalue weighted by atomic mass is 35.5. The monoisotopic (exact) mass is 488 g/mol. The lowest BCUT2D eigenvalue weighted by molar-refractivity contribution is 0.0730. The minimum Gasteiger partial charge on any atom is -0.379 e. The highest BCUT2D eigenvalue weighted by Crippen LogP contribution is 2.24. The maximum Gasteiger partial charge on any atom is 0.251 e. The van der Waals surface area contributed by atoms with Crippen molar-refractivity contribution < 1.29 is 17.9 Å². The number of benzene rings is 2. The van der Waals surface area contributed by atoms with Gasteiger partial charge in [0.25, 0.3) is 5.91 Å². The number of hydrogen-bond acceptors (Lipinski definition) is 5. The first-order valence-electron chi connectivity index (χ1n) is 9.36. The summed E-state index contributed by atoms with van der Waals surface area (Å²) in [6, 6.07) is 11.4. The Bertz CT molecular complexity index is 979. The molecule has 0 bridgehead atoms. The number of carbonyl (C=O) groups is 1. The van der Waals surface area contributed by atoms with Crippen LogP contribution in [0.5, 0.6) is 0 Å². The predicted molar refractivity (Wildman–Crippen MR) is 121 cm³/mol. The minimum absolute atomic E-state index is 0.177. The van der Waals surface area contributed by atoms with E-state index < -0.39 is 10.0 Å². The van der Waals surface area contributed by atoms with E-state index in [2.05, 4.69) is 5.32 Å². The van der Waals surface area contributed by atoms with Gasteiger partial charge in [0.15, 0.2) is 0 Å². The SMILES string of the molecule is O=C(NCCSCc1ccc(Cl)cc1Cl)c1ccc(S(=O)(=O)N2CCOCC2)cc1. The molecule has 1 aliphatic heterocycles. The third-order valence-electron chi connectivity index (χ3n) is 4.53. The Hall–Kier alpha value is -1.29. The first kappa shape index (κ1) is 23.4. The summed E-state index contributed by atoms with van der Waals surface area (Å²) in [5, 5.41) is 4.07. The summed E-state index contributed by atoms with van der Waals surface area (Å²) in [5.41, 5.74) is 1.41. The summed E-state index contributed by atoms with van der Waals surface area (Å²) >= 11 is 13.7. The standard InChI is InChI=1S/C20H22Cl2N2O4S2/c21-17-4-1-16(19(22)13-17)14-29-12-7-23-20(25)15-2-5-18(6-3-15)30(26,27)24-8-10-28-11-9-24/h1-6,13H,7-12,14H2,(H,23,25). The van der Waals surface area contributed by atoms with Gasteiger partial charge in [-0.1, -0.05) is 29.3 Å². The molecule has 1 N–H and O–H groups in total. The molecule has 1 saturated heterocycles. The Labute approximate surface area is 190 Å². The van der Waals surface area contributed by atoms with Crippen LogP contribution in [0.2, 0.25) is 10.0 Å². The average molecular weight is 489 g/mol. The Kier molecular flexibility index (Phi) is 8.44. The zero-order valence-corrected chi connectivity index (χ0v) is 19.3. The van der Waals surface area contributed by atoms with Crippen molar-refractivity contribution in [3.63, 3.8) is 0 Å². The maximum atomic E-state index is 12.6. The molecule has 10 heteroatoms. The Morgan fingerprint density at radius 1 is 1.10 bits per heavy atom. The fourth-order valence-corrected chi connectivity index (χ4v) is 5.70. The highest BCUT2D eigenvalue weighted by Gasteiger charge is 2.26. The average Bonchev–Trinajstić information content (AvgIpc) is 2.75. The summed E-state index contributed by atoms with van der Waals surface area (Å²) in [6.07, 6.45) is 0. The summed E-state index contributed by atoms with van der Waals surface area (Å²) in [6.45, 7) is 1.94. The Balaban J connectivity index is 1.46. The van der Waals surface area contributed by atoms with Crippen LogP contribution in [-0.2, 0) is 20.5 Å². The van der Waals surface area contributed by atoms with Crippen LogP contribution >= 0.6 is 35.0 Å². The van der Waals surface area contributed by atoms with Crippen molar-refractivity contribution >= 4 is 50.9 Å². The molecule has 6 nitrogen and oxygen atoms in total. The topological polar surface area (TPSA) is 75.7 Å². The molecule has 3 rings (SSSR count). The number of carbonyl (C=O) groups excluding carboxylic acids is 1. The second-order valence-corrected chi connectivity index (χ2v) is 10.5. The van der Waals surface area contributed by atoms with Crippen LogP contribution in [0.25, 0.3) is 0 Å². The molecule has 162 valence electrons. The second kappa shape index (κ2) is 10.8. The van der Waals surface area contributed by atoms with Gasteiger partial charge in [-0.3, -0.25) is 4.79 Å². The van der Waals surface area contributed by atoms with Gasteiger partial charge < -0.3 is 10.1 Å². The summed E-state index contributed by atoms with van der Waals surface area (Å²) in [7, 11) is -3.56. The summed E-state index contributed by atoms with van der Waals surface area (Å²) in [5.74, 6) is 1.20. The van der Waals surface area contributed by atoms with E-state index in [1.807, 2.05) is 6.07 Å². The van der Waals surface area contributed by atoms with Gasteiger partial charge in [0.05, 0.1) is 18.1 Å². The number of ether oxygens (including phenoxy) is 1. The molecule has 1 fully saturated rings. The van der Waals surface area contributed by atoms with Crippen LogP contribution in [0, 0.1) is 0 Å². The van der Waals surface area contributed by atoms with E-state index in [4.69, 9.17) is 27.9 Å². The zero-order chi connectivity index (χ0) is 21.6. The number of hydrogen-bond donors (Lipinski definition) is 1. The van der Waals surface area contributed by atoms with Crippen LogP contribution in [0.4, 0.5) is 0 Å². The van der Waals surface area contributed by atoms with E-state index in [0.29, 0.717) is 54.2 Å². The molecule has 1 heterocycles. The van der Waals surface area contributed by atoms with Gasteiger partial charge in [-0.15, -0.1) is 0 Å². The van der Waals surface area contributed by atoms with Gasteiger partial charge in [0, 0.05) is 46.7 Å². The van der Waals surface area contributed by atoms with Crippen molar-refractivity contribution in [2.24, 2.45) is 0 Å². The fraction of sp³-hybridized carbons (Fsp3) is 0.350. The van der Waals surface area contributed by atoms with E-state index in [1.54, 1.807) is 23.9 Å². The van der Waals surface area contributed by atoms with Crippen LogP contribution in [0.1, 0.15) is 15.9 Å². The first-order chi connectivity index (χ1) is 14.4. The molecule has 0 saturated carbocycles. The Morgan fingerprint density at radius 2 is 1.80 bits per heavy atom. The molecule has 1 amide bonds. The summed E-state index contributed by atoms with van der Waals surface area (Å²) in [4.78, 5) is 12.5. The molecule has 0 aliphatic carbocycles. The van der Waals surface area contributed by atoms with E-state index in [1.165, 1.54) is 28.6 Å². The third kappa shape index (κ3) is 6.12. The number of morpholine rings is 1. The van der Waals surface area contributed by atoms with Crippen molar-refractivity contribution in [1.82, 2.24) is 9.62 Å². The lowest BCUT2D eigenvalue weighted by Crippen LogP contribution is -2.40. The maximum absolute atomic E-state index is 12.6. The summed E-state index contributed by atoms with van der Waals surface area (Å²) < 4.78 is 31.8. The molecule has 0 aromatic heterocycles. The largest absolute Gasteiger partial charge is 0.379 e. The molecule has 0 unspecified atom stereocenters. The number of thioether (sulfide) groups is 1. The van der Waals surface area contributed by atoms with E-state index in [9.17, 15) is 13.2 Å². The highest BCUT2D eigenvalue weighted by molar-refractivity contribution is 7.98. The number of nitrogens with one attached hydrogen (secondary N) is 1. The van der Waals surface area contributed by atoms with Crippen LogP contribution < -0.4 is 5.32 Å². The Morgan fingerprint density at radius 3 is 2.47 bits per heavy atom. The number of nitrogens with zero attached hydrogens (tertiary/aromatic N) is 1. The molecule has 2 aromatic rings. The number of halogens is 2. The predicted octanol–water partition coefficient (Wildman–Crippen LogP) is 3.68. The van der Waals surface area contributed by atoms with Crippen molar-refractivity contribution in [3.8, 4) is 0 Å². The van der Waals surface area contributed by atoms with Gasteiger partial charge in [-0.05, 0) is 42.0 Å². The number of rotatable bonds is 8. The molecule has 30 heavy (non-hydrogen) atoms. The van der Waals surface area contributed by atoms with E-state index in [0.717, 1.165) is 11.3 Å². The second-order valence-electron chi connectivity index (χ2n) is 6.59. The van der Waals surface area contributed by atoms with Gasteiger partial charge in [0.1, 0.15) is 0 Å². The number of amides is 1. The van der Waals surface area contributed by atoms with Gasteiger partial charge >= 0.3 is 0 Å². The molecule has 0 atom stereocenters. The van der Waals surface area contributed by atoms with Crippen molar-refractivity contribution in [2.75, 3.05) is 38.6 Å². The molecular formula is C20H22Cl2N2O4S2. The molecular weight excluding hydrogens is 467 g/mol. The van der Waals surface area contributed by atoms with Crippen molar-refractivity contribution in [3.05, 3.63) is 63.6 Å². The van der Waals surface area contributed by atoms with Crippen molar-refractivity contribution in [1.29, 1.82) is 0 Å². The lowest BCUT2D eigenvalue weighted by atomic mass is 10.2. The van der Waals surface area contributed by atoms with E-state index in [-0.39, 0.29) is 10.8 Å². The van der Waals surface area contributed by atoms with Crippen LogP contribution in [0.15, 0.2) is 47.4 Å². The molecule has 0 radical (unpaired) electrons. The fourth-order valence-electron chi connectivity index (χ4n) is 2.87. The smallest absolute Gasteiger partial charge is 0.251 e. The quantitative estimate of drug-likeness (QED) is 0.573. The number of sulfonamides is 1. The van der Waals surface area contributed by atoms with E-state index >= 15 is 0 Å². The van der Waals surface area contributed by atoms with Crippen LogP contribution in [-0.4, -0.2) is 57.2 Å². The van der Waals surface area contributed by atoms with Crippen molar-refractivity contribution in [2.45, 2.75) is 10.6 Å². The lowest BCUT2D eigenvalue weighted by Gasteiger charge is -2.26. The van der Waals surface area contributed by atoms with Gasteiger partial charge in [0.2, 0.25) is 10.0 Å². The minimum atomic E-state index is -3.56. The van der Waals surface area contributed by atoms with Gasteiger partial charge in [-0.25, -0.2) is 8.42 Å².